The van der Waals surface area contributed by atoms with Gasteiger partial charge >= 0.3 is 5.97 Å². The molecule has 7 aromatic carbocycles. The maximum absolute atomic E-state index is 13.9. The molecule has 0 radical (unpaired) electrons. The molecule has 12 rings (SSSR count). The largest absolute Gasteiger partial charge is 0.494 e. The molecule has 3 unspecified atom stereocenters. The first-order valence-electron chi connectivity index (χ1n) is 49.1. The van der Waals surface area contributed by atoms with E-state index in [0.717, 1.165) is 84.2 Å². The van der Waals surface area contributed by atoms with E-state index in [1.165, 1.54) is 199 Å². The molecule has 3 aromatic heterocycles. The van der Waals surface area contributed by atoms with Crippen LogP contribution in [0.5, 0.6) is 5.75 Å². The number of ether oxygens (including phenoxy) is 4. The van der Waals surface area contributed by atoms with Crippen LogP contribution in [0.4, 0.5) is 17.1 Å². The van der Waals surface area contributed by atoms with Crippen LogP contribution in [0, 0.1) is 26.2 Å². The van der Waals surface area contributed by atoms with Crippen LogP contribution in [0.3, 0.4) is 0 Å². The molecule has 2 fully saturated rings. The van der Waals surface area contributed by atoms with Gasteiger partial charge in [0.1, 0.15) is 5.75 Å². The lowest BCUT2D eigenvalue weighted by atomic mass is 9.96. The van der Waals surface area contributed by atoms with Crippen LogP contribution in [0.1, 0.15) is 328 Å². The molecule has 1 aliphatic heterocycles. The Morgan fingerprint density at radius 2 is 0.836 bits per heavy atom. The fourth-order valence-electron chi connectivity index (χ4n) is 16.7. The second-order valence-corrected chi connectivity index (χ2v) is 39.5. The lowest BCUT2D eigenvalue weighted by Crippen LogP contribution is -2.51. The Morgan fingerprint density at radius 3 is 1.30 bits per heavy atom. The third kappa shape index (κ3) is 32.5. The molecule has 23 nitrogen and oxygen atoms in total. The SMILES string of the molecule is CCCCCCCCCCCCCCCCOc1ccc(C(=O)C(C(=O)Nc2ccc(Cl)cc2Cl)n2ncc3cc(C)ccc32)cc1.CCCCCCCCCCCCNS(=O)(=O)c1ccc(Cl)c(NC(=O)C(C(=O)C2(C)CC2)n2ncc3cc(C)ccc32)c1.CCCCCCCCCCCCOC(=O)c1ccc(NC(=O)C(C(=O)C2(C)OCCCO2)n2ncc3cc(C)ccc32)cc1. The third-order valence-electron chi connectivity index (χ3n) is 25.1. The summed E-state index contributed by atoms with van der Waals surface area (Å²) < 4.78 is 56.0. The van der Waals surface area contributed by atoms with E-state index in [2.05, 4.69) is 56.7 Å². The van der Waals surface area contributed by atoms with Crippen LogP contribution < -0.4 is 25.4 Å². The first-order valence-corrected chi connectivity index (χ1v) is 51.8. The third-order valence-corrected chi connectivity index (χ3v) is 27.4. The summed E-state index contributed by atoms with van der Waals surface area (Å²) in [5.74, 6) is -4.20. The molecule has 1 saturated heterocycles. The van der Waals surface area contributed by atoms with Crippen LogP contribution in [0.15, 0.2) is 163 Å². The number of unbranched alkanes of at least 4 members (excludes halogenated alkanes) is 31. The molecule has 4 heterocycles. The number of nitrogens with one attached hydrogen (secondary N) is 4. The molecule has 0 spiro atoms. The highest BCUT2D eigenvalue weighted by Crippen LogP contribution is 2.49. The van der Waals surface area contributed by atoms with Crippen molar-refractivity contribution in [2.45, 2.75) is 322 Å². The number of halogens is 3. The molecule has 10 aromatic rings. The molecule has 2 aliphatic rings. The van der Waals surface area contributed by atoms with E-state index >= 15 is 0 Å². The minimum atomic E-state index is -3.82. The Kier molecular flexibility index (Phi) is 43.6. The summed E-state index contributed by atoms with van der Waals surface area (Å²) in [7, 11) is -3.82. The maximum atomic E-state index is 13.9. The van der Waals surface area contributed by atoms with E-state index in [1.807, 2.05) is 82.3 Å². The number of aromatic nitrogens is 6. The molecule has 3 atom stereocenters. The molecular formula is C107H141Cl3N10O13S. The lowest BCUT2D eigenvalue weighted by Gasteiger charge is -2.34. The van der Waals surface area contributed by atoms with Gasteiger partial charge in [-0.1, -0.05) is 296 Å². The first-order chi connectivity index (χ1) is 64.7. The molecule has 1 saturated carbocycles. The van der Waals surface area contributed by atoms with Crippen LogP contribution in [-0.2, 0) is 48.2 Å². The zero-order chi connectivity index (χ0) is 95.8. The van der Waals surface area contributed by atoms with Gasteiger partial charge in [-0.15, -0.1) is 0 Å². The van der Waals surface area contributed by atoms with Crippen molar-refractivity contribution in [2.75, 3.05) is 48.9 Å². The van der Waals surface area contributed by atoms with Crippen LogP contribution in [0.25, 0.3) is 32.7 Å². The molecule has 0 bridgehead atoms. The van der Waals surface area contributed by atoms with E-state index in [0.29, 0.717) is 102 Å². The average molecular weight is 1910 g/mol. The zero-order valence-electron chi connectivity index (χ0n) is 80.0. The highest BCUT2D eigenvalue weighted by molar-refractivity contribution is 7.89. The molecule has 1 aliphatic carbocycles. The Hall–Kier alpha value is -9.66. The Balaban J connectivity index is 0.000000208. The zero-order valence-corrected chi connectivity index (χ0v) is 83.1. The van der Waals surface area contributed by atoms with Crippen molar-refractivity contribution < 1.29 is 60.9 Å². The van der Waals surface area contributed by atoms with Crippen molar-refractivity contribution >= 4 is 136 Å². The van der Waals surface area contributed by atoms with E-state index in [9.17, 15) is 42.0 Å². The minimum Gasteiger partial charge on any atom is -0.494 e. The Labute approximate surface area is 808 Å². The number of carbonyl (C=O) groups excluding carboxylic acids is 7. The number of sulfonamides is 1. The van der Waals surface area contributed by atoms with Gasteiger partial charge in [-0.05, 0) is 188 Å². The molecule has 4 N–H and O–H groups in total. The van der Waals surface area contributed by atoms with Crippen molar-refractivity contribution in [1.82, 2.24) is 34.1 Å². The minimum absolute atomic E-state index is 0.00340. The van der Waals surface area contributed by atoms with E-state index in [1.54, 1.807) is 92.2 Å². The van der Waals surface area contributed by atoms with Gasteiger partial charge in [-0.25, -0.2) is 32.0 Å². The average Bonchev–Trinajstić information content (AvgIpc) is 1.59. The second kappa shape index (κ2) is 54.9. The summed E-state index contributed by atoms with van der Waals surface area (Å²) in [4.78, 5) is 95.0. The smallest absolute Gasteiger partial charge is 0.338 e. The molecular weight excluding hydrogens is 1770 g/mol. The number of aryl methyl sites for hydroxylation is 3. The first kappa shape index (κ1) is 106. The number of esters is 1. The topological polar surface area (TPSA) is 292 Å². The van der Waals surface area contributed by atoms with Gasteiger partial charge in [-0.2, -0.15) is 15.3 Å². The molecule has 27 heteroatoms. The summed E-state index contributed by atoms with van der Waals surface area (Å²) in [6.45, 7) is 18.1. The molecule has 724 valence electrons. The van der Waals surface area contributed by atoms with Gasteiger partial charge in [0.25, 0.3) is 17.7 Å². The predicted molar refractivity (Wildman–Crippen MR) is 539 cm³/mol. The summed E-state index contributed by atoms with van der Waals surface area (Å²) in [5, 5.41) is 25.0. The Morgan fingerprint density at radius 1 is 0.425 bits per heavy atom. The van der Waals surface area contributed by atoms with E-state index < -0.39 is 74.6 Å². The van der Waals surface area contributed by atoms with E-state index in [4.69, 9.17) is 53.8 Å². The fraction of sp³-hybridized carbons (Fsp3) is 0.514. The number of anilines is 3. The van der Waals surface area contributed by atoms with Crippen LogP contribution in [-0.4, -0.2) is 118 Å². The predicted octanol–water partition coefficient (Wildman–Crippen LogP) is 26.6. The number of fused-ring (bicyclic) bond motifs is 3. The second-order valence-electron chi connectivity index (χ2n) is 36.5. The summed E-state index contributed by atoms with van der Waals surface area (Å²) in [6.07, 6.45) is 49.3. The normalized spacial score (nSPS) is 14.0. The van der Waals surface area contributed by atoms with Crippen molar-refractivity contribution in [3.63, 3.8) is 0 Å². The number of rotatable bonds is 56. The number of carbonyl (C=O) groups is 7. The highest BCUT2D eigenvalue weighted by Gasteiger charge is 2.51. The quantitative estimate of drug-likeness (QED) is 0.0119. The maximum Gasteiger partial charge on any atom is 0.338 e. The standard InChI is InChI=1S/C39H49Cl2N3O3.C35H47N3O6.C33H45ClN4O4S/c1-3-4-5-6-7-8-9-10-11-12-13-14-15-16-25-47-33-21-18-30(19-22-33)38(45)37(39(46)43-35-23-20-32(40)27-34(35)41)44-36-24-17-29(2)26-31(36)28-42-44;1-4-5-6-7-8-9-10-11-12-13-21-42-34(41)27-16-18-29(19-17-27)37-33(40)31(32(39)35(3)43-22-14-23-44-35)38-30-20-15-26(2)24-28(30)25-36-38;1-4-5-6-7-8-9-10-11-12-13-20-36-43(41,42)26-15-16-27(34)28(22-26)37-32(40)30(31(39)33(3)18-19-33)38-29-17-14-24(2)21-25(29)23-35-38/h17-24,26-28,37H,3-16,25H2,1-2H3,(H,43,46);15-20,24-25,31H,4-14,21-23H2,1-3H3,(H,37,40);14-17,21-23,30,36H,4-13,18-20H2,1-3H3,(H,37,40). The van der Waals surface area contributed by atoms with Crippen LogP contribution >= 0.6 is 34.8 Å². The van der Waals surface area contributed by atoms with Gasteiger partial charge in [0.15, 0.2) is 29.7 Å². The summed E-state index contributed by atoms with van der Waals surface area (Å²) in [6, 6.07) is 35.7. The number of Topliss-reactive ketones (excluding diaryl/α,β-unsaturated/α-hetero) is 3. The van der Waals surface area contributed by atoms with Crippen molar-refractivity contribution in [3.05, 3.63) is 201 Å². The number of nitrogens with zero attached hydrogens (tertiary/aromatic N) is 6. The van der Waals surface area contributed by atoms with Crippen molar-refractivity contribution in [2.24, 2.45) is 5.41 Å². The number of hydrogen-bond donors (Lipinski definition) is 4. The van der Waals surface area contributed by atoms with Gasteiger partial charge in [0.2, 0.25) is 21.6 Å². The number of benzene rings is 7. The van der Waals surface area contributed by atoms with Crippen LogP contribution in [0.2, 0.25) is 15.1 Å². The molecule has 134 heavy (non-hydrogen) atoms. The van der Waals surface area contributed by atoms with Crippen molar-refractivity contribution in [3.8, 4) is 5.75 Å². The van der Waals surface area contributed by atoms with Gasteiger partial charge in [0.05, 0.1) is 93.4 Å². The number of amides is 3. The van der Waals surface area contributed by atoms with Crippen molar-refractivity contribution in [1.29, 1.82) is 0 Å². The number of hydrogen-bond acceptors (Lipinski definition) is 16. The Bertz CT molecular complexity index is 5550. The highest BCUT2D eigenvalue weighted by atomic mass is 35.5. The molecule has 3 amide bonds. The monoisotopic (exact) mass is 1910 g/mol. The fourth-order valence-corrected chi connectivity index (χ4v) is 18.4. The van der Waals surface area contributed by atoms with Gasteiger partial charge < -0.3 is 34.9 Å². The van der Waals surface area contributed by atoms with Gasteiger partial charge in [0, 0.05) is 44.4 Å². The number of ketones is 3. The van der Waals surface area contributed by atoms with E-state index in [-0.39, 0.29) is 26.4 Å². The lowest BCUT2D eigenvalue weighted by molar-refractivity contribution is -0.245. The van der Waals surface area contributed by atoms with Gasteiger partial charge in [-0.3, -0.25) is 28.8 Å². The summed E-state index contributed by atoms with van der Waals surface area (Å²) >= 11 is 18.8. The summed E-state index contributed by atoms with van der Waals surface area (Å²) in [5.41, 5.74) is 6.22.